The Labute approximate surface area is 99.0 Å². The van der Waals surface area contributed by atoms with Crippen molar-refractivity contribution in [2.24, 2.45) is 0 Å². The lowest BCUT2D eigenvalue weighted by Crippen LogP contribution is -2.51. The predicted octanol–water partition coefficient (Wildman–Crippen LogP) is -0.153. The lowest BCUT2D eigenvalue weighted by molar-refractivity contribution is 0.121. The zero-order valence-electron chi connectivity index (χ0n) is 9.22. The number of rotatable bonds is 5. The van der Waals surface area contributed by atoms with Gasteiger partial charge in [-0.05, 0) is 19.1 Å². The van der Waals surface area contributed by atoms with Gasteiger partial charge in [-0.3, -0.25) is 0 Å². The monoisotopic (exact) mass is 263 g/mol. The Hall–Kier alpha value is -1.02. The van der Waals surface area contributed by atoms with Crippen LogP contribution >= 0.6 is 0 Å². The van der Waals surface area contributed by atoms with E-state index in [4.69, 9.17) is 10.2 Å². The highest BCUT2D eigenvalue weighted by molar-refractivity contribution is 7.89. The summed E-state index contributed by atoms with van der Waals surface area (Å²) in [5.74, 6) is -0.891. The zero-order valence-corrected chi connectivity index (χ0v) is 10.0. The SMILES string of the molecule is CC(CO)(CO)NS(=O)(=O)c1ccccc1F. The molecule has 0 saturated carbocycles. The Balaban J connectivity index is 3.10. The molecule has 0 aliphatic heterocycles. The summed E-state index contributed by atoms with van der Waals surface area (Å²) < 4.78 is 39.0. The van der Waals surface area contributed by atoms with Crippen LogP contribution in [0.3, 0.4) is 0 Å². The predicted molar refractivity (Wildman–Crippen MR) is 59.3 cm³/mol. The normalized spacial score (nSPS) is 12.7. The molecule has 0 aliphatic carbocycles. The quantitative estimate of drug-likeness (QED) is 0.689. The first kappa shape index (κ1) is 14.0. The Bertz CT molecular complexity index is 485. The van der Waals surface area contributed by atoms with Gasteiger partial charge in [0, 0.05) is 0 Å². The van der Waals surface area contributed by atoms with E-state index < -0.39 is 39.5 Å². The summed E-state index contributed by atoms with van der Waals surface area (Å²) in [5.41, 5.74) is -1.43. The molecule has 0 aromatic heterocycles. The fourth-order valence-electron chi connectivity index (χ4n) is 1.16. The molecule has 96 valence electrons. The Morgan fingerprint density at radius 3 is 2.29 bits per heavy atom. The van der Waals surface area contributed by atoms with Gasteiger partial charge in [-0.15, -0.1) is 0 Å². The van der Waals surface area contributed by atoms with E-state index in [1.807, 2.05) is 0 Å². The largest absolute Gasteiger partial charge is 0.394 e. The van der Waals surface area contributed by atoms with Gasteiger partial charge < -0.3 is 10.2 Å². The first-order chi connectivity index (χ1) is 7.84. The second kappa shape index (κ2) is 5.09. The van der Waals surface area contributed by atoms with Gasteiger partial charge in [-0.2, -0.15) is 0 Å². The third-order valence-corrected chi connectivity index (χ3v) is 3.88. The van der Waals surface area contributed by atoms with Crippen LogP contribution in [0.15, 0.2) is 29.2 Å². The number of benzene rings is 1. The van der Waals surface area contributed by atoms with Crippen molar-refractivity contribution >= 4 is 10.0 Å². The fraction of sp³-hybridized carbons (Fsp3) is 0.400. The minimum Gasteiger partial charge on any atom is -0.394 e. The summed E-state index contributed by atoms with van der Waals surface area (Å²) in [6.45, 7) is 0.111. The molecule has 0 spiro atoms. The third-order valence-electron chi connectivity index (χ3n) is 2.20. The minimum atomic E-state index is -4.12. The lowest BCUT2D eigenvalue weighted by Gasteiger charge is -2.25. The molecule has 7 heteroatoms. The maximum Gasteiger partial charge on any atom is 0.244 e. The maximum absolute atomic E-state index is 13.3. The van der Waals surface area contributed by atoms with E-state index in [0.29, 0.717) is 0 Å². The van der Waals surface area contributed by atoms with E-state index in [1.54, 1.807) is 0 Å². The summed E-state index contributed by atoms with van der Waals surface area (Å²) in [6, 6.07) is 4.87. The topological polar surface area (TPSA) is 86.6 Å². The molecule has 0 amide bonds. The van der Waals surface area contributed by atoms with Gasteiger partial charge in [0.1, 0.15) is 10.7 Å². The summed E-state index contributed by atoms with van der Waals surface area (Å²) in [5, 5.41) is 18.0. The number of hydrogen-bond acceptors (Lipinski definition) is 4. The van der Waals surface area contributed by atoms with Crippen LogP contribution in [0.25, 0.3) is 0 Å². The lowest BCUT2D eigenvalue weighted by atomic mass is 10.1. The number of aliphatic hydroxyl groups is 2. The Morgan fingerprint density at radius 2 is 1.82 bits per heavy atom. The summed E-state index contributed by atoms with van der Waals surface area (Å²) in [6.07, 6.45) is 0. The number of nitrogens with one attached hydrogen (secondary N) is 1. The van der Waals surface area contributed by atoms with E-state index >= 15 is 0 Å². The van der Waals surface area contributed by atoms with Crippen LogP contribution in [-0.2, 0) is 10.0 Å². The summed E-state index contributed by atoms with van der Waals surface area (Å²) in [4.78, 5) is -0.520. The Kier molecular flexibility index (Phi) is 4.21. The molecular weight excluding hydrogens is 249 g/mol. The van der Waals surface area contributed by atoms with Crippen molar-refractivity contribution in [3.8, 4) is 0 Å². The van der Waals surface area contributed by atoms with E-state index in [9.17, 15) is 12.8 Å². The van der Waals surface area contributed by atoms with Gasteiger partial charge in [0.25, 0.3) is 0 Å². The molecular formula is C10H14FNO4S. The van der Waals surface area contributed by atoms with Gasteiger partial charge in [0.15, 0.2) is 0 Å². The van der Waals surface area contributed by atoms with Gasteiger partial charge >= 0.3 is 0 Å². The summed E-state index contributed by atoms with van der Waals surface area (Å²) in [7, 11) is -4.12. The van der Waals surface area contributed by atoms with Crippen molar-refractivity contribution in [2.45, 2.75) is 17.4 Å². The minimum absolute atomic E-state index is 0.520. The fourth-order valence-corrected chi connectivity index (χ4v) is 2.63. The molecule has 1 aromatic carbocycles. The molecule has 0 saturated heterocycles. The van der Waals surface area contributed by atoms with Crippen molar-refractivity contribution < 1.29 is 23.0 Å². The smallest absolute Gasteiger partial charge is 0.244 e. The van der Waals surface area contributed by atoms with Crippen molar-refractivity contribution in [2.75, 3.05) is 13.2 Å². The highest BCUT2D eigenvalue weighted by Crippen LogP contribution is 2.16. The molecule has 0 unspecified atom stereocenters. The first-order valence-corrected chi connectivity index (χ1v) is 6.33. The second-order valence-electron chi connectivity index (χ2n) is 3.91. The molecule has 3 N–H and O–H groups in total. The van der Waals surface area contributed by atoms with Gasteiger partial charge in [-0.25, -0.2) is 17.5 Å². The highest BCUT2D eigenvalue weighted by atomic mass is 32.2. The third kappa shape index (κ3) is 3.22. The first-order valence-electron chi connectivity index (χ1n) is 4.85. The van der Waals surface area contributed by atoms with E-state index in [-0.39, 0.29) is 0 Å². The molecule has 1 rings (SSSR count). The van der Waals surface area contributed by atoms with Crippen LogP contribution in [0.1, 0.15) is 6.92 Å². The molecule has 0 heterocycles. The molecule has 5 nitrogen and oxygen atoms in total. The molecule has 0 fully saturated rings. The van der Waals surface area contributed by atoms with Crippen LogP contribution in [0.2, 0.25) is 0 Å². The van der Waals surface area contributed by atoms with Crippen LogP contribution in [-0.4, -0.2) is 37.4 Å². The van der Waals surface area contributed by atoms with Crippen LogP contribution < -0.4 is 4.72 Å². The standard InChI is InChI=1S/C10H14FNO4S/c1-10(6-13,7-14)12-17(15,16)9-5-3-2-4-8(9)11/h2-5,12-14H,6-7H2,1H3. The van der Waals surface area contributed by atoms with Crippen LogP contribution in [0.4, 0.5) is 4.39 Å². The van der Waals surface area contributed by atoms with Crippen LogP contribution in [0.5, 0.6) is 0 Å². The molecule has 0 bridgehead atoms. The summed E-state index contributed by atoms with van der Waals surface area (Å²) >= 11 is 0. The van der Waals surface area contributed by atoms with Crippen molar-refractivity contribution in [1.82, 2.24) is 4.72 Å². The van der Waals surface area contributed by atoms with Gasteiger partial charge in [-0.1, -0.05) is 12.1 Å². The zero-order chi connectivity index (χ0) is 13.1. The Morgan fingerprint density at radius 1 is 1.29 bits per heavy atom. The van der Waals surface area contributed by atoms with E-state index in [2.05, 4.69) is 4.72 Å². The van der Waals surface area contributed by atoms with Gasteiger partial charge in [0.05, 0.1) is 18.8 Å². The van der Waals surface area contributed by atoms with Crippen molar-refractivity contribution in [3.05, 3.63) is 30.1 Å². The molecule has 0 aliphatic rings. The highest BCUT2D eigenvalue weighted by Gasteiger charge is 2.30. The number of hydrogen-bond donors (Lipinski definition) is 3. The second-order valence-corrected chi connectivity index (χ2v) is 5.56. The van der Waals surface area contributed by atoms with E-state index in [0.717, 1.165) is 12.1 Å². The number of halogens is 1. The van der Waals surface area contributed by atoms with Crippen molar-refractivity contribution in [1.29, 1.82) is 0 Å². The maximum atomic E-state index is 13.3. The molecule has 17 heavy (non-hydrogen) atoms. The average molecular weight is 263 g/mol. The number of aliphatic hydroxyl groups excluding tert-OH is 2. The molecule has 1 aromatic rings. The van der Waals surface area contributed by atoms with E-state index in [1.165, 1.54) is 19.1 Å². The van der Waals surface area contributed by atoms with Crippen LogP contribution in [0, 0.1) is 5.82 Å². The van der Waals surface area contributed by atoms with Gasteiger partial charge in [0.2, 0.25) is 10.0 Å². The van der Waals surface area contributed by atoms with Crippen molar-refractivity contribution in [3.63, 3.8) is 0 Å². The number of sulfonamides is 1. The molecule has 0 radical (unpaired) electrons. The molecule has 0 atom stereocenters. The average Bonchev–Trinajstić information content (AvgIpc) is 2.28.